The number of carbonyl (C=O) groups excluding carboxylic acids is 1. The molecule has 0 bridgehead atoms. The lowest BCUT2D eigenvalue weighted by molar-refractivity contribution is 0.0408. The van der Waals surface area contributed by atoms with Gasteiger partial charge in [-0.25, -0.2) is 4.79 Å². The van der Waals surface area contributed by atoms with Crippen LogP contribution in [0.3, 0.4) is 0 Å². The van der Waals surface area contributed by atoms with E-state index in [-0.39, 0.29) is 24.7 Å². The fraction of sp³-hybridized carbons (Fsp3) is 0.381. The highest BCUT2D eigenvalue weighted by Crippen LogP contribution is 2.44. The van der Waals surface area contributed by atoms with Crippen LogP contribution < -0.4 is 0 Å². The minimum Gasteiger partial charge on any atom is -0.448 e. The average Bonchev–Trinajstić information content (AvgIpc) is 3.00. The van der Waals surface area contributed by atoms with Crippen molar-refractivity contribution in [2.24, 2.45) is 0 Å². The summed E-state index contributed by atoms with van der Waals surface area (Å²) in [6, 6.07) is 16.6. The first-order valence-electron chi connectivity index (χ1n) is 9.10. The van der Waals surface area contributed by atoms with E-state index in [4.69, 9.17) is 4.74 Å². The van der Waals surface area contributed by atoms with Crippen LogP contribution >= 0.6 is 0 Å². The van der Waals surface area contributed by atoms with Crippen LogP contribution in [0.15, 0.2) is 48.5 Å². The van der Waals surface area contributed by atoms with Gasteiger partial charge in [-0.15, -0.1) is 0 Å². The van der Waals surface area contributed by atoms with Gasteiger partial charge in [0.15, 0.2) is 0 Å². The number of piperazine rings is 1. The number of nitrogens with zero attached hydrogens (tertiary/aromatic N) is 2. The van der Waals surface area contributed by atoms with Crippen molar-refractivity contribution < 1.29 is 14.6 Å². The van der Waals surface area contributed by atoms with Crippen LogP contribution in [0.25, 0.3) is 11.1 Å². The number of likely N-dealkylation sites (N-methyl/N-ethyl adjacent to an activating group) is 1. The van der Waals surface area contributed by atoms with Gasteiger partial charge in [-0.05, 0) is 29.3 Å². The number of benzene rings is 2. The molecule has 1 aliphatic heterocycles. The molecule has 2 aromatic rings. The van der Waals surface area contributed by atoms with E-state index in [1.54, 1.807) is 4.90 Å². The van der Waals surface area contributed by atoms with Gasteiger partial charge in [0.1, 0.15) is 6.61 Å². The van der Waals surface area contributed by atoms with Crippen molar-refractivity contribution in [3.05, 3.63) is 59.7 Å². The molecule has 2 aromatic carbocycles. The van der Waals surface area contributed by atoms with Crippen molar-refractivity contribution in [1.82, 2.24) is 9.80 Å². The van der Waals surface area contributed by atoms with Crippen LogP contribution in [-0.4, -0.2) is 66.9 Å². The van der Waals surface area contributed by atoms with Crippen molar-refractivity contribution in [2.75, 3.05) is 39.9 Å². The van der Waals surface area contributed by atoms with E-state index < -0.39 is 0 Å². The molecule has 0 aromatic heterocycles. The standard InChI is InChI=1S/C21H24N2O3/c1-22-10-11-23(12-15(22)13-24)21(25)26-14-20-18-8-4-2-6-16(18)17-7-3-5-9-19(17)20/h2-9,15,20,24H,10-14H2,1H3. The average molecular weight is 352 g/mol. The first-order chi connectivity index (χ1) is 12.7. The van der Waals surface area contributed by atoms with E-state index >= 15 is 0 Å². The van der Waals surface area contributed by atoms with E-state index in [1.807, 2.05) is 31.3 Å². The van der Waals surface area contributed by atoms with Crippen molar-refractivity contribution >= 4 is 6.09 Å². The van der Waals surface area contributed by atoms with Gasteiger partial charge in [0.2, 0.25) is 0 Å². The minimum absolute atomic E-state index is 0.0239. The first-order valence-corrected chi connectivity index (χ1v) is 9.10. The molecule has 1 saturated heterocycles. The molecule has 1 atom stereocenters. The highest BCUT2D eigenvalue weighted by Gasteiger charge is 2.31. The maximum atomic E-state index is 12.6. The molecular weight excluding hydrogens is 328 g/mol. The lowest BCUT2D eigenvalue weighted by Crippen LogP contribution is -2.54. The minimum atomic E-state index is -0.293. The summed E-state index contributed by atoms with van der Waals surface area (Å²) < 4.78 is 5.69. The monoisotopic (exact) mass is 352 g/mol. The molecule has 5 nitrogen and oxygen atoms in total. The zero-order chi connectivity index (χ0) is 18.1. The Morgan fingerprint density at radius 3 is 2.31 bits per heavy atom. The van der Waals surface area contributed by atoms with Gasteiger partial charge in [-0.3, -0.25) is 4.90 Å². The number of ether oxygens (including phenoxy) is 1. The van der Waals surface area contributed by atoms with Gasteiger partial charge in [0, 0.05) is 25.6 Å². The van der Waals surface area contributed by atoms with E-state index in [0.29, 0.717) is 19.7 Å². The molecule has 2 aliphatic rings. The smallest absolute Gasteiger partial charge is 0.409 e. The molecule has 1 aliphatic carbocycles. The SMILES string of the molecule is CN1CCN(C(=O)OCC2c3ccccc3-c3ccccc32)CC1CO. The summed E-state index contributed by atoms with van der Waals surface area (Å²) in [5.74, 6) is 0.0763. The summed E-state index contributed by atoms with van der Waals surface area (Å²) in [4.78, 5) is 16.3. The molecule has 1 unspecified atom stereocenters. The Morgan fingerprint density at radius 2 is 1.69 bits per heavy atom. The molecule has 1 heterocycles. The first kappa shape index (κ1) is 17.1. The van der Waals surface area contributed by atoms with Gasteiger partial charge >= 0.3 is 6.09 Å². The van der Waals surface area contributed by atoms with E-state index in [1.165, 1.54) is 22.3 Å². The van der Waals surface area contributed by atoms with Gasteiger partial charge in [-0.1, -0.05) is 48.5 Å². The van der Waals surface area contributed by atoms with Crippen LogP contribution in [0, 0.1) is 0 Å². The number of aliphatic hydroxyl groups is 1. The number of aliphatic hydroxyl groups excluding tert-OH is 1. The Bertz CT molecular complexity index is 762. The number of hydrogen-bond acceptors (Lipinski definition) is 4. The van der Waals surface area contributed by atoms with Crippen molar-refractivity contribution in [2.45, 2.75) is 12.0 Å². The third kappa shape index (κ3) is 2.97. The Kier molecular flexibility index (Phi) is 4.66. The summed E-state index contributed by atoms with van der Waals surface area (Å²) in [7, 11) is 1.97. The third-order valence-electron chi connectivity index (χ3n) is 5.58. The van der Waals surface area contributed by atoms with Crippen molar-refractivity contribution in [1.29, 1.82) is 0 Å². The van der Waals surface area contributed by atoms with E-state index in [9.17, 15) is 9.90 Å². The van der Waals surface area contributed by atoms with Gasteiger partial charge in [0.25, 0.3) is 0 Å². The van der Waals surface area contributed by atoms with Crippen LogP contribution in [0.2, 0.25) is 0 Å². The Labute approximate surface area is 153 Å². The molecular formula is C21H24N2O3. The Balaban J connectivity index is 1.47. The second-order valence-electron chi connectivity index (χ2n) is 7.07. The molecule has 0 saturated carbocycles. The molecule has 1 fully saturated rings. The van der Waals surface area contributed by atoms with Crippen LogP contribution in [0.5, 0.6) is 0 Å². The van der Waals surface area contributed by atoms with Gasteiger partial charge in [0.05, 0.1) is 12.6 Å². The highest BCUT2D eigenvalue weighted by molar-refractivity contribution is 5.79. The largest absolute Gasteiger partial charge is 0.448 e. The zero-order valence-electron chi connectivity index (χ0n) is 15.0. The normalized spacial score (nSPS) is 19.9. The molecule has 4 rings (SSSR count). The topological polar surface area (TPSA) is 53.0 Å². The lowest BCUT2D eigenvalue weighted by Gasteiger charge is -2.38. The fourth-order valence-electron chi connectivity index (χ4n) is 3.99. The quantitative estimate of drug-likeness (QED) is 0.922. The van der Waals surface area contributed by atoms with E-state index in [2.05, 4.69) is 29.2 Å². The number of rotatable bonds is 3. The third-order valence-corrected chi connectivity index (χ3v) is 5.58. The Hall–Kier alpha value is -2.37. The number of carbonyl (C=O) groups is 1. The molecule has 0 radical (unpaired) electrons. The molecule has 1 amide bonds. The summed E-state index contributed by atoms with van der Waals surface area (Å²) in [6.45, 7) is 2.26. The molecule has 26 heavy (non-hydrogen) atoms. The summed E-state index contributed by atoms with van der Waals surface area (Å²) >= 11 is 0. The highest BCUT2D eigenvalue weighted by atomic mass is 16.6. The summed E-state index contributed by atoms with van der Waals surface area (Å²) in [6.07, 6.45) is -0.293. The molecule has 136 valence electrons. The van der Waals surface area contributed by atoms with Crippen molar-refractivity contribution in [3.8, 4) is 11.1 Å². The Morgan fingerprint density at radius 1 is 1.08 bits per heavy atom. The van der Waals surface area contributed by atoms with Crippen molar-refractivity contribution in [3.63, 3.8) is 0 Å². The molecule has 5 heteroatoms. The van der Waals surface area contributed by atoms with E-state index in [0.717, 1.165) is 6.54 Å². The predicted octanol–water partition coefficient (Wildman–Crippen LogP) is 2.54. The van der Waals surface area contributed by atoms with Crippen LogP contribution in [-0.2, 0) is 4.74 Å². The second-order valence-corrected chi connectivity index (χ2v) is 7.07. The zero-order valence-corrected chi connectivity index (χ0v) is 15.0. The lowest BCUT2D eigenvalue weighted by atomic mass is 9.98. The molecule has 0 spiro atoms. The maximum Gasteiger partial charge on any atom is 0.409 e. The number of fused-ring (bicyclic) bond motifs is 3. The number of hydrogen-bond donors (Lipinski definition) is 1. The van der Waals surface area contributed by atoms with Crippen LogP contribution in [0.4, 0.5) is 4.79 Å². The van der Waals surface area contributed by atoms with Gasteiger partial charge < -0.3 is 14.7 Å². The molecule has 1 N–H and O–H groups in total. The second kappa shape index (κ2) is 7.09. The summed E-state index contributed by atoms with van der Waals surface area (Å²) in [5, 5.41) is 9.46. The fourth-order valence-corrected chi connectivity index (χ4v) is 3.99. The predicted molar refractivity (Wildman–Crippen MR) is 100 cm³/mol. The maximum absolute atomic E-state index is 12.6. The summed E-state index contributed by atoms with van der Waals surface area (Å²) in [5.41, 5.74) is 4.88. The number of amides is 1. The van der Waals surface area contributed by atoms with Crippen LogP contribution in [0.1, 0.15) is 17.0 Å². The van der Waals surface area contributed by atoms with Gasteiger partial charge in [-0.2, -0.15) is 0 Å².